The second-order valence-electron chi connectivity index (χ2n) is 4.03. The molecule has 0 atom stereocenters. The summed E-state index contributed by atoms with van der Waals surface area (Å²) in [5.74, 6) is 0. The van der Waals surface area contributed by atoms with Gasteiger partial charge in [-0.15, -0.1) is 0 Å². The molecule has 2 aromatic heterocycles. The van der Waals surface area contributed by atoms with Gasteiger partial charge in [0.05, 0.1) is 10.7 Å². The molecule has 0 unspecified atom stereocenters. The van der Waals surface area contributed by atoms with E-state index in [1.165, 1.54) is 11.1 Å². The van der Waals surface area contributed by atoms with Gasteiger partial charge in [-0.25, -0.2) is 9.13 Å². The molecule has 2 rings (SSSR count). The minimum atomic E-state index is 0. The van der Waals surface area contributed by atoms with Crippen molar-refractivity contribution in [2.75, 3.05) is 10.7 Å². The van der Waals surface area contributed by atoms with Gasteiger partial charge in [-0.05, 0) is 11.1 Å². The van der Waals surface area contributed by atoms with E-state index in [-0.39, 0.29) is 17.0 Å². The topological polar surface area (TPSA) is 7.76 Å². The van der Waals surface area contributed by atoms with Crippen LogP contribution >= 0.6 is 31.9 Å². The molecule has 2 heterocycles. The van der Waals surface area contributed by atoms with E-state index in [1.807, 2.05) is 0 Å². The Morgan fingerprint density at radius 3 is 1.26 bits per heavy atom. The Morgan fingerprint density at radius 2 is 1.00 bits per heavy atom. The van der Waals surface area contributed by atoms with Crippen LogP contribution in [0.4, 0.5) is 0 Å². The van der Waals surface area contributed by atoms with Gasteiger partial charge in [-0.2, -0.15) is 0 Å². The zero-order chi connectivity index (χ0) is 12.8. The lowest BCUT2D eigenvalue weighted by Crippen LogP contribution is -3.00. The van der Waals surface area contributed by atoms with E-state index in [0.29, 0.717) is 0 Å². The SMILES string of the molecule is BrCC[n+]1ccc(-c2cc[n+](CCBr)cc2)cc1.[Br-]. The summed E-state index contributed by atoms with van der Waals surface area (Å²) in [6.45, 7) is 2.00. The molecule has 0 saturated heterocycles. The summed E-state index contributed by atoms with van der Waals surface area (Å²) in [5, 5.41) is 1.96. The number of rotatable bonds is 5. The Labute approximate surface area is 141 Å². The predicted octanol–water partition coefficient (Wildman–Crippen LogP) is -0.278. The quantitative estimate of drug-likeness (QED) is 0.436. The van der Waals surface area contributed by atoms with Crippen LogP contribution in [-0.2, 0) is 13.1 Å². The van der Waals surface area contributed by atoms with Gasteiger partial charge < -0.3 is 17.0 Å². The molecule has 102 valence electrons. The normalized spacial score (nSPS) is 10.0. The van der Waals surface area contributed by atoms with Crippen LogP contribution in [-0.4, -0.2) is 10.7 Å². The average Bonchev–Trinajstić information content (AvgIpc) is 2.41. The number of aryl methyl sites for hydroxylation is 2. The van der Waals surface area contributed by atoms with Crippen LogP contribution in [0.3, 0.4) is 0 Å². The molecule has 0 fully saturated rings. The van der Waals surface area contributed by atoms with Gasteiger partial charge in [0.1, 0.15) is 0 Å². The Morgan fingerprint density at radius 1 is 0.684 bits per heavy atom. The van der Waals surface area contributed by atoms with Gasteiger partial charge in [0.15, 0.2) is 37.9 Å². The minimum absolute atomic E-state index is 0. The number of alkyl halides is 2. The van der Waals surface area contributed by atoms with Crippen LogP contribution < -0.4 is 26.1 Å². The van der Waals surface area contributed by atoms with Crippen molar-refractivity contribution in [3.8, 4) is 11.1 Å². The highest BCUT2D eigenvalue weighted by Crippen LogP contribution is 2.15. The molecular formula is C14H16Br3N2+. The molecule has 19 heavy (non-hydrogen) atoms. The molecule has 0 bridgehead atoms. The first-order valence-corrected chi connectivity index (χ1v) is 8.18. The molecule has 0 spiro atoms. The van der Waals surface area contributed by atoms with Crippen LogP contribution in [0.25, 0.3) is 11.1 Å². The predicted molar refractivity (Wildman–Crippen MR) is 79.9 cm³/mol. The highest BCUT2D eigenvalue weighted by Gasteiger charge is 2.04. The lowest BCUT2D eigenvalue weighted by molar-refractivity contribution is -0.692. The molecule has 0 aliphatic rings. The summed E-state index contributed by atoms with van der Waals surface area (Å²) in [6, 6.07) is 8.64. The molecule has 0 aliphatic heterocycles. The van der Waals surface area contributed by atoms with Crippen molar-refractivity contribution in [1.82, 2.24) is 0 Å². The molecule has 0 aliphatic carbocycles. The third kappa shape index (κ3) is 4.97. The lowest BCUT2D eigenvalue weighted by atomic mass is 10.1. The summed E-state index contributed by atoms with van der Waals surface area (Å²) in [7, 11) is 0. The average molecular weight is 452 g/mol. The highest BCUT2D eigenvalue weighted by atomic mass is 79.9. The smallest absolute Gasteiger partial charge is 0.169 e. The maximum absolute atomic E-state index is 3.44. The van der Waals surface area contributed by atoms with Crippen LogP contribution in [0.2, 0.25) is 0 Å². The van der Waals surface area contributed by atoms with Crippen molar-refractivity contribution in [1.29, 1.82) is 0 Å². The molecule has 0 amide bonds. The second-order valence-corrected chi connectivity index (χ2v) is 5.61. The third-order valence-corrected chi connectivity index (χ3v) is 3.51. The first kappa shape index (κ1) is 16.8. The molecule has 0 N–H and O–H groups in total. The fourth-order valence-corrected chi connectivity index (χ4v) is 2.61. The molecule has 0 aromatic carbocycles. The van der Waals surface area contributed by atoms with Crippen LogP contribution in [0.15, 0.2) is 49.1 Å². The second kappa shape index (κ2) is 8.82. The van der Waals surface area contributed by atoms with E-state index < -0.39 is 0 Å². The monoisotopic (exact) mass is 449 g/mol. The van der Waals surface area contributed by atoms with E-state index in [9.17, 15) is 0 Å². The van der Waals surface area contributed by atoms with Gasteiger partial charge in [0, 0.05) is 24.3 Å². The largest absolute Gasteiger partial charge is 1.00 e. The van der Waals surface area contributed by atoms with Gasteiger partial charge >= 0.3 is 0 Å². The standard InChI is InChI=1S/C14H16Br2N2.BrH/c15-5-11-17-7-1-13(2-8-17)14-3-9-18(10-4-14)12-6-16;/h1-4,7-10H,5-6,11-12H2;1H/q+2;/p-1. The van der Waals surface area contributed by atoms with Gasteiger partial charge in [-0.3, -0.25) is 0 Å². The molecule has 2 nitrogen and oxygen atoms in total. The fourth-order valence-electron chi connectivity index (χ4n) is 1.79. The molecular weight excluding hydrogens is 436 g/mol. The van der Waals surface area contributed by atoms with Crippen LogP contribution in [0.5, 0.6) is 0 Å². The first-order chi connectivity index (χ1) is 8.83. The summed E-state index contributed by atoms with van der Waals surface area (Å²) >= 11 is 6.89. The number of hydrogen-bond donors (Lipinski definition) is 0. The summed E-state index contributed by atoms with van der Waals surface area (Å²) in [6.07, 6.45) is 8.48. The van der Waals surface area contributed by atoms with Crippen molar-refractivity contribution < 1.29 is 26.1 Å². The minimum Gasteiger partial charge on any atom is -1.00 e. The number of hydrogen-bond acceptors (Lipinski definition) is 0. The maximum atomic E-state index is 3.44. The van der Waals surface area contributed by atoms with Crippen LogP contribution in [0.1, 0.15) is 0 Å². The number of nitrogens with zero attached hydrogens (tertiary/aromatic N) is 2. The summed E-state index contributed by atoms with van der Waals surface area (Å²) in [4.78, 5) is 0. The molecule has 5 heteroatoms. The van der Waals surface area contributed by atoms with Crippen molar-refractivity contribution in [3.05, 3.63) is 49.1 Å². The lowest BCUT2D eigenvalue weighted by Gasteiger charge is -2.00. The Kier molecular flexibility index (Phi) is 7.80. The Bertz CT molecular complexity index is 436. The molecule has 0 saturated carbocycles. The fraction of sp³-hybridized carbons (Fsp3) is 0.286. The number of aromatic nitrogens is 2. The first-order valence-electron chi connectivity index (χ1n) is 5.94. The van der Waals surface area contributed by atoms with Gasteiger partial charge in [0.25, 0.3) is 0 Å². The van der Waals surface area contributed by atoms with Crippen molar-refractivity contribution in [3.63, 3.8) is 0 Å². The molecule has 0 radical (unpaired) electrons. The summed E-state index contributed by atoms with van der Waals surface area (Å²) in [5.41, 5.74) is 2.51. The molecule has 2 aromatic rings. The maximum Gasteiger partial charge on any atom is 0.169 e. The van der Waals surface area contributed by atoms with Crippen molar-refractivity contribution in [2.45, 2.75) is 13.1 Å². The Balaban J connectivity index is 0.00000180. The van der Waals surface area contributed by atoms with Crippen LogP contribution in [0, 0.1) is 0 Å². The van der Waals surface area contributed by atoms with E-state index >= 15 is 0 Å². The van der Waals surface area contributed by atoms with E-state index in [0.717, 1.165) is 23.7 Å². The van der Waals surface area contributed by atoms with Crippen molar-refractivity contribution >= 4 is 31.9 Å². The number of halogens is 3. The van der Waals surface area contributed by atoms with E-state index in [1.54, 1.807) is 0 Å². The third-order valence-electron chi connectivity index (χ3n) is 2.80. The van der Waals surface area contributed by atoms with Gasteiger partial charge in [-0.1, -0.05) is 31.9 Å². The Hall–Kier alpha value is -0.260. The highest BCUT2D eigenvalue weighted by molar-refractivity contribution is 9.09. The zero-order valence-electron chi connectivity index (χ0n) is 10.5. The number of pyridine rings is 2. The zero-order valence-corrected chi connectivity index (χ0v) is 15.2. The van der Waals surface area contributed by atoms with E-state index in [4.69, 9.17) is 0 Å². The van der Waals surface area contributed by atoms with Crippen molar-refractivity contribution in [2.24, 2.45) is 0 Å². The summed E-state index contributed by atoms with van der Waals surface area (Å²) < 4.78 is 4.35. The van der Waals surface area contributed by atoms with Gasteiger partial charge in [0.2, 0.25) is 0 Å². The van der Waals surface area contributed by atoms with E-state index in [2.05, 4.69) is 90.0 Å².